The van der Waals surface area contributed by atoms with Gasteiger partial charge in [0.25, 0.3) is 5.91 Å². The Balaban J connectivity index is 2.24. The molecular formula is C22H31N3O3S. The van der Waals surface area contributed by atoms with Crippen LogP contribution in [0, 0.1) is 6.92 Å². The molecule has 0 fully saturated rings. The van der Waals surface area contributed by atoms with E-state index in [9.17, 15) is 13.2 Å². The minimum absolute atomic E-state index is 0.143. The van der Waals surface area contributed by atoms with Gasteiger partial charge in [-0.05, 0) is 49.8 Å². The average molecular weight is 418 g/mol. The van der Waals surface area contributed by atoms with E-state index in [1.54, 1.807) is 26.0 Å². The number of hydrogen-bond donors (Lipinski definition) is 1. The maximum Gasteiger partial charge on any atom is 0.251 e. The zero-order valence-corrected chi connectivity index (χ0v) is 18.7. The SMILES string of the molecule is CCN(CC)S(=O)(=O)c1ccc(C)c(C(=O)NCc2ccccc2CN(C)C)c1. The molecule has 0 saturated heterocycles. The number of aryl methyl sites for hydroxylation is 1. The molecule has 6 nitrogen and oxygen atoms in total. The van der Waals surface area contributed by atoms with Gasteiger partial charge < -0.3 is 10.2 Å². The first-order valence-electron chi connectivity index (χ1n) is 9.81. The summed E-state index contributed by atoms with van der Waals surface area (Å²) in [5.74, 6) is -0.279. The molecule has 0 aliphatic carbocycles. The van der Waals surface area contributed by atoms with Crippen molar-refractivity contribution in [3.63, 3.8) is 0 Å². The Labute approximate surface area is 174 Å². The lowest BCUT2D eigenvalue weighted by atomic mass is 10.1. The number of hydrogen-bond acceptors (Lipinski definition) is 4. The Hall–Kier alpha value is -2.22. The van der Waals surface area contributed by atoms with Gasteiger partial charge in [-0.3, -0.25) is 4.79 Å². The summed E-state index contributed by atoms with van der Waals surface area (Å²) < 4.78 is 27.0. The maximum absolute atomic E-state index is 12.8. The number of nitrogens with one attached hydrogen (secondary N) is 1. The molecule has 0 unspecified atom stereocenters. The number of carbonyl (C=O) groups is 1. The molecule has 0 saturated carbocycles. The Kier molecular flexibility index (Phi) is 7.96. The third kappa shape index (κ3) is 5.65. The van der Waals surface area contributed by atoms with Gasteiger partial charge in [0.2, 0.25) is 10.0 Å². The number of carbonyl (C=O) groups excluding carboxylic acids is 1. The van der Waals surface area contributed by atoms with E-state index in [4.69, 9.17) is 0 Å². The number of benzene rings is 2. The fourth-order valence-corrected chi connectivity index (χ4v) is 4.70. The van der Waals surface area contributed by atoms with Crippen molar-refractivity contribution in [2.45, 2.75) is 38.8 Å². The van der Waals surface area contributed by atoms with E-state index in [0.29, 0.717) is 25.2 Å². The zero-order chi connectivity index (χ0) is 21.6. The van der Waals surface area contributed by atoms with E-state index < -0.39 is 10.0 Å². The van der Waals surface area contributed by atoms with Crippen LogP contribution in [0.5, 0.6) is 0 Å². The molecular weight excluding hydrogens is 386 g/mol. The van der Waals surface area contributed by atoms with Crippen molar-refractivity contribution < 1.29 is 13.2 Å². The van der Waals surface area contributed by atoms with Crippen LogP contribution in [0.3, 0.4) is 0 Å². The van der Waals surface area contributed by atoms with Crippen LogP contribution in [0.1, 0.15) is 40.9 Å². The van der Waals surface area contributed by atoms with Crippen LogP contribution in [0.4, 0.5) is 0 Å². The van der Waals surface area contributed by atoms with E-state index in [0.717, 1.165) is 23.2 Å². The van der Waals surface area contributed by atoms with Crippen molar-refractivity contribution in [1.29, 1.82) is 0 Å². The molecule has 0 aliphatic rings. The second-order valence-corrected chi connectivity index (χ2v) is 9.19. The normalized spacial score (nSPS) is 11.8. The lowest BCUT2D eigenvalue weighted by molar-refractivity contribution is 0.0950. The standard InChI is InChI=1S/C22H31N3O3S/c1-6-25(7-2)29(27,28)20-13-12-17(3)21(14-20)22(26)23-15-18-10-8-9-11-19(18)16-24(4)5/h8-14H,6-7,15-16H2,1-5H3,(H,23,26). The van der Waals surface area contributed by atoms with E-state index in [-0.39, 0.29) is 10.8 Å². The highest BCUT2D eigenvalue weighted by Gasteiger charge is 2.23. The minimum atomic E-state index is -3.61. The monoisotopic (exact) mass is 417 g/mol. The van der Waals surface area contributed by atoms with Crippen molar-refractivity contribution in [3.05, 3.63) is 64.7 Å². The molecule has 7 heteroatoms. The Morgan fingerprint density at radius 3 is 2.21 bits per heavy atom. The fourth-order valence-electron chi connectivity index (χ4n) is 3.21. The summed E-state index contributed by atoms with van der Waals surface area (Å²) in [5, 5.41) is 2.94. The lowest BCUT2D eigenvalue weighted by Gasteiger charge is -2.19. The van der Waals surface area contributed by atoms with E-state index >= 15 is 0 Å². The van der Waals surface area contributed by atoms with Crippen molar-refractivity contribution >= 4 is 15.9 Å². The molecule has 2 aromatic carbocycles. The predicted octanol–water partition coefficient (Wildman–Crippen LogP) is 3.02. The molecule has 0 heterocycles. The van der Waals surface area contributed by atoms with Gasteiger partial charge in [-0.1, -0.05) is 44.2 Å². The molecule has 2 aromatic rings. The van der Waals surface area contributed by atoms with Crippen LogP contribution in [0.15, 0.2) is 47.4 Å². The second-order valence-electron chi connectivity index (χ2n) is 7.26. The van der Waals surface area contributed by atoms with Crippen LogP contribution in [-0.4, -0.2) is 50.7 Å². The van der Waals surface area contributed by atoms with E-state index in [2.05, 4.69) is 10.2 Å². The fraction of sp³-hybridized carbons (Fsp3) is 0.409. The summed E-state index contributed by atoms with van der Waals surface area (Å²) in [6.07, 6.45) is 0. The largest absolute Gasteiger partial charge is 0.348 e. The molecule has 0 bridgehead atoms. The van der Waals surface area contributed by atoms with Crippen LogP contribution in [-0.2, 0) is 23.1 Å². The molecule has 0 spiro atoms. The summed E-state index contributed by atoms with van der Waals surface area (Å²) in [5.41, 5.74) is 3.30. The molecule has 158 valence electrons. The Morgan fingerprint density at radius 1 is 1.00 bits per heavy atom. The van der Waals surface area contributed by atoms with Gasteiger partial charge in [-0.2, -0.15) is 4.31 Å². The molecule has 2 rings (SSSR count). The summed E-state index contributed by atoms with van der Waals surface area (Å²) in [6, 6.07) is 12.7. The topological polar surface area (TPSA) is 69.7 Å². The van der Waals surface area contributed by atoms with Crippen molar-refractivity contribution in [3.8, 4) is 0 Å². The summed E-state index contributed by atoms with van der Waals surface area (Å²) in [4.78, 5) is 15.0. The minimum Gasteiger partial charge on any atom is -0.348 e. The first-order chi connectivity index (χ1) is 13.7. The van der Waals surface area contributed by atoms with Gasteiger partial charge in [0.15, 0.2) is 0 Å². The summed E-state index contributed by atoms with van der Waals surface area (Å²) >= 11 is 0. The molecule has 0 aliphatic heterocycles. The van der Waals surface area contributed by atoms with Gasteiger partial charge in [-0.25, -0.2) is 8.42 Å². The first kappa shape index (κ1) is 23.1. The number of rotatable bonds is 9. The molecule has 1 N–H and O–H groups in total. The maximum atomic E-state index is 12.8. The highest BCUT2D eigenvalue weighted by Crippen LogP contribution is 2.20. The predicted molar refractivity (Wildman–Crippen MR) is 116 cm³/mol. The molecule has 29 heavy (non-hydrogen) atoms. The molecule has 0 aromatic heterocycles. The third-order valence-corrected chi connectivity index (χ3v) is 6.89. The van der Waals surface area contributed by atoms with Crippen LogP contribution in [0.2, 0.25) is 0 Å². The average Bonchev–Trinajstić information content (AvgIpc) is 2.67. The van der Waals surface area contributed by atoms with E-state index in [1.165, 1.54) is 10.4 Å². The van der Waals surface area contributed by atoms with Crippen LogP contribution >= 0.6 is 0 Å². The molecule has 1 amide bonds. The number of nitrogens with zero attached hydrogens (tertiary/aromatic N) is 2. The quantitative estimate of drug-likeness (QED) is 0.681. The smallest absolute Gasteiger partial charge is 0.251 e. The molecule has 0 atom stereocenters. The van der Waals surface area contributed by atoms with Crippen molar-refractivity contribution in [2.75, 3.05) is 27.2 Å². The lowest BCUT2D eigenvalue weighted by Crippen LogP contribution is -2.31. The van der Waals surface area contributed by atoms with Gasteiger partial charge in [-0.15, -0.1) is 0 Å². The van der Waals surface area contributed by atoms with Gasteiger partial charge in [0, 0.05) is 31.7 Å². The van der Waals surface area contributed by atoms with Crippen LogP contribution in [0.25, 0.3) is 0 Å². The van der Waals surface area contributed by atoms with Crippen molar-refractivity contribution in [1.82, 2.24) is 14.5 Å². The second kappa shape index (κ2) is 10.0. The number of sulfonamides is 1. The van der Waals surface area contributed by atoms with Gasteiger partial charge >= 0.3 is 0 Å². The summed E-state index contributed by atoms with van der Waals surface area (Å²) in [7, 11) is 0.388. The van der Waals surface area contributed by atoms with E-state index in [1.807, 2.05) is 45.3 Å². The third-order valence-electron chi connectivity index (χ3n) is 4.84. The molecule has 0 radical (unpaired) electrons. The Bertz CT molecular complexity index is 952. The highest BCUT2D eigenvalue weighted by molar-refractivity contribution is 7.89. The number of amides is 1. The zero-order valence-electron chi connectivity index (χ0n) is 17.9. The van der Waals surface area contributed by atoms with Gasteiger partial charge in [0.1, 0.15) is 0 Å². The highest BCUT2D eigenvalue weighted by atomic mass is 32.2. The van der Waals surface area contributed by atoms with Crippen molar-refractivity contribution in [2.24, 2.45) is 0 Å². The first-order valence-corrected chi connectivity index (χ1v) is 11.2. The van der Waals surface area contributed by atoms with Gasteiger partial charge in [0.05, 0.1) is 4.90 Å². The van der Waals surface area contributed by atoms with Crippen LogP contribution < -0.4 is 5.32 Å². The Morgan fingerprint density at radius 2 is 1.62 bits per heavy atom. The summed E-state index contributed by atoms with van der Waals surface area (Å²) in [6.45, 7) is 7.34.